The first kappa shape index (κ1) is 15.2. The summed E-state index contributed by atoms with van der Waals surface area (Å²) in [5, 5.41) is 14.3. The molecule has 0 spiro atoms. The number of nitrogens with one attached hydrogen (secondary N) is 2. The number of hydrogen-bond acceptors (Lipinski definition) is 5. The Balaban J connectivity index is 2.07. The molecule has 0 fully saturated rings. The Morgan fingerprint density at radius 2 is 1.81 bits per heavy atom. The van der Waals surface area contributed by atoms with Crippen LogP contribution in [0.2, 0.25) is 0 Å². The normalized spacial score (nSPS) is 11.2. The molecular weight excluding hydrogens is 262 g/mol. The van der Waals surface area contributed by atoms with Crippen molar-refractivity contribution in [3.8, 4) is 0 Å². The number of aromatic nitrogens is 3. The summed E-state index contributed by atoms with van der Waals surface area (Å²) in [6, 6.07) is 8.32. The summed E-state index contributed by atoms with van der Waals surface area (Å²) in [4.78, 5) is 4.38. The topological polar surface area (TPSA) is 62.7 Å². The first-order valence-electron chi connectivity index (χ1n) is 7.30. The number of rotatable bonds is 5. The summed E-state index contributed by atoms with van der Waals surface area (Å²) in [5.74, 6) is 1.24. The largest absolute Gasteiger partial charge is 0.369 e. The van der Waals surface area contributed by atoms with Crippen molar-refractivity contribution < 1.29 is 0 Å². The molecule has 1 aromatic carbocycles. The highest BCUT2D eigenvalue weighted by Gasteiger charge is 2.12. The number of anilines is 3. The van der Waals surface area contributed by atoms with Crippen molar-refractivity contribution in [1.82, 2.24) is 15.2 Å². The van der Waals surface area contributed by atoms with Crippen molar-refractivity contribution in [2.75, 3.05) is 17.2 Å². The lowest BCUT2D eigenvalue weighted by molar-refractivity contribution is 0.590. The Morgan fingerprint density at radius 3 is 2.43 bits per heavy atom. The maximum atomic E-state index is 4.38. The second kappa shape index (κ2) is 6.52. The van der Waals surface area contributed by atoms with Gasteiger partial charge in [-0.3, -0.25) is 0 Å². The van der Waals surface area contributed by atoms with Crippen LogP contribution in [0.25, 0.3) is 0 Å². The van der Waals surface area contributed by atoms with Gasteiger partial charge < -0.3 is 10.6 Å². The number of benzene rings is 1. The lowest BCUT2D eigenvalue weighted by Gasteiger charge is -2.19. The fraction of sp³-hybridized carbons (Fsp3) is 0.438. The fourth-order valence-electron chi connectivity index (χ4n) is 1.88. The molecule has 5 nitrogen and oxygen atoms in total. The van der Waals surface area contributed by atoms with E-state index in [2.05, 4.69) is 65.6 Å². The van der Waals surface area contributed by atoms with Gasteiger partial charge in [-0.1, -0.05) is 39.8 Å². The molecule has 0 aliphatic rings. The third-order valence-electron chi connectivity index (χ3n) is 3.12. The molecule has 1 heterocycles. The Labute approximate surface area is 126 Å². The summed E-state index contributed by atoms with van der Waals surface area (Å²) in [7, 11) is 0. The molecular formula is C16H23N5. The van der Waals surface area contributed by atoms with Gasteiger partial charge in [-0.2, -0.15) is 10.1 Å². The molecule has 5 heteroatoms. The molecule has 112 valence electrons. The zero-order valence-corrected chi connectivity index (χ0v) is 13.1. The summed E-state index contributed by atoms with van der Waals surface area (Å²) in [6.07, 6.45) is 2.67. The van der Waals surface area contributed by atoms with Crippen LogP contribution < -0.4 is 10.6 Å². The molecule has 0 bridgehead atoms. The van der Waals surface area contributed by atoms with Crippen LogP contribution in [0, 0.1) is 0 Å². The maximum Gasteiger partial charge on any atom is 0.249 e. The van der Waals surface area contributed by atoms with Crippen molar-refractivity contribution in [2.24, 2.45) is 0 Å². The van der Waals surface area contributed by atoms with Crippen LogP contribution in [0.15, 0.2) is 30.5 Å². The van der Waals surface area contributed by atoms with Crippen LogP contribution >= 0.6 is 0 Å². The lowest BCUT2D eigenvalue weighted by Crippen LogP contribution is -2.10. The van der Waals surface area contributed by atoms with Gasteiger partial charge in [0.2, 0.25) is 5.95 Å². The second-order valence-electron chi connectivity index (χ2n) is 6.04. The number of nitrogens with zero attached hydrogens (tertiary/aromatic N) is 3. The molecule has 1 aromatic heterocycles. The summed E-state index contributed by atoms with van der Waals surface area (Å²) >= 11 is 0. The second-order valence-corrected chi connectivity index (χ2v) is 6.04. The van der Waals surface area contributed by atoms with E-state index >= 15 is 0 Å². The molecule has 2 rings (SSSR count). The Hall–Kier alpha value is -2.17. The van der Waals surface area contributed by atoms with Crippen LogP contribution in [0.1, 0.15) is 39.7 Å². The van der Waals surface area contributed by atoms with E-state index in [0.717, 1.165) is 24.5 Å². The van der Waals surface area contributed by atoms with Crippen LogP contribution in [0.5, 0.6) is 0 Å². The minimum absolute atomic E-state index is 0.153. The smallest absolute Gasteiger partial charge is 0.249 e. The molecule has 0 atom stereocenters. The molecule has 0 unspecified atom stereocenters. The van der Waals surface area contributed by atoms with Gasteiger partial charge >= 0.3 is 0 Å². The van der Waals surface area contributed by atoms with Crippen LogP contribution in [0.3, 0.4) is 0 Å². The van der Waals surface area contributed by atoms with Gasteiger partial charge in [0.05, 0.1) is 6.20 Å². The Kier molecular flexibility index (Phi) is 4.73. The molecule has 21 heavy (non-hydrogen) atoms. The first-order chi connectivity index (χ1) is 9.99. The van der Waals surface area contributed by atoms with E-state index < -0.39 is 0 Å². The third-order valence-corrected chi connectivity index (χ3v) is 3.12. The van der Waals surface area contributed by atoms with E-state index in [1.807, 2.05) is 12.1 Å². The molecule has 0 radical (unpaired) electrons. The van der Waals surface area contributed by atoms with Crippen molar-refractivity contribution in [3.05, 3.63) is 36.0 Å². The number of hydrogen-bond donors (Lipinski definition) is 2. The monoisotopic (exact) mass is 285 g/mol. The van der Waals surface area contributed by atoms with Crippen molar-refractivity contribution in [2.45, 2.75) is 39.5 Å². The van der Waals surface area contributed by atoms with E-state index in [-0.39, 0.29) is 5.41 Å². The SMILES string of the molecule is CCCNc1cnnc(Nc2ccc(C(C)(C)C)cc2)n1. The molecule has 2 aromatic rings. The highest BCUT2D eigenvalue weighted by molar-refractivity contribution is 5.54. The summed E-state index contributed by atoms with van der Waals surface area (Å²) in [6.45, 7) is 9.58. The maximum absolute atomic E-state index is 4.38. The molecule has 0 amide bonds. The summed E-state index contributed by atoms with van der Waals surface area (Å²) < 4.78 is 0. The predicted octanol–water partition coefficient (Wildman–Crippen LogP) is 3.73. The Morgan fingerprint density at radius 1 is 1.10 bits per heavy atom. The fourth-order valence-corrected chi connectivity index (χ4v) is 1.88. The standard InChI is InChI=1S/C16H23N5/c1-5-10-17-14-11-18-21-15(20-14)19-13-8-6-12(7-9-13)16(2,3)4/h6-9,11H,5,10H2,1-4H3,(H2,17,19,20,21). The zero-order valence-electron chi connectivity index (χ0n) is 13.1. The highest BCUT2D eigenvalue weighted by Crippen LogP contribution is 2.24. The van der Waals surface area contributed by atoms with Crippen molar-refractivity contribution >= 4 is 17.5 Å². The molecule has 0 aliphatic heterocycles. The Bertz CT molecular complexity index is 572. The molecule has 0 saturated carbocycles. The predicted molar refractivity (Wildman–Crippen MR) is 87.0 cm³/mol. The lowest BCUT2D eigenvalue weighted by atomic mass is 9.87. The van der Waals surface area contributed by atoms with E-state index in [1.165, 1.54) is 5.56 Å². The van der Waals surface area contributed by atoms with E-state index in [9.17, 15) is 0 Å². The molecule has 2 N–H and O–H groups in total. The average Bonchev–Trinajstić information content (AvgIpc) is 2.45. The minimum Gasteiger partial charge on any atom is -0.369 e. The van der Waals surface area contributed by atoms with E-state index in [4.69, 9.17) is 0 Å². The van der Waals surface area contributed by atoms with Crippen LogP contribution in [-0.4, -0.2) is 21.7 Å². The minimum atomic E-state index is 0.153. The van der Waals surface area contributed by atoms with Gasteiger partial charge in [0.1, 0.15) is 0 Å². The van der Waals surface area contributed by atoms with Gasteiger partial charge in [0, 0.05) is 12.2 Å². The van der Waals surface area contributed by atoms with E-state index in [1.54, 1.807) is 6.20 Å². The quantitative estimate of drug-likeness (QED) is 0.876. The van der Waals surface area contributed by atoms with Gasteiger partial charge in [0.15, 0.2) is 5.82 Å². The van der Waals surface area contributed by atoms with Crippen LogP contribution in [-0.2, 0) is 5.41 Å². The zero-order chi connectivity index (χ0) is 15.3. The average molecular weight is 285 g/mol. The molecule has 0 aliphatic carbocycles. The third kappa shape index (κ3) is 4.41. The van der Waals surface area contributed by atoms with Crippen molar-refractivity contribution in [1.29, 1.82) is 0 Å². The van der Waals surface area contributed by atoms with Gasteiger partial charge in [-0.15, -0.1) is 5.10 Å². The van der Waals surface area contributed by atoms with E-state index in [0.29, 0.717) is 5.95 Å². The van der Waals surface area contributed by atoms with Gasteiger partial charge in [-0.25, -0.2) is 0 Å². The van der Waals surface area contributed by atoms with Gasteiger partial charge in [0.25, 0.3) is 0 Å². The first-order valence-corrected chi connectivity index (χ1v) is 7.30. The highest BCUT2D eigenvalue weighted by atomic mass is 15.3. The van der Waals surface area contributed by atoms with Crippen LogP contribution in [0.4, 0.5) is 17.5 Å². The molecule has 0 saturated heterocycles. The van der Waals surface area contributed by atoms with Crippen molar-refractivity contribution in [3.63, 3.8) is 0 Å². The van der Waals surface area contributed by atoms with Gasteiger partial charge in [-0.05, 0) is 29.5 Å². The summed E-state index contributed by atoms with van der Waals surface area (Å²) in [5.41, 5.74) is 2.41.